The molecule has 0 saturated heterocycles. The predicted octanol–water partition coefficient (Wildman–Crippen LogP) is 1.38. The highest BCUT2D eigenvalue weighted by atomic mass is 16.2. The second kappa shape index (κ2) is 5.91. The van der Waals surface area contributed by atoms with Crippen LogP contribution in [0, 0.1) is 17.8 Å². The van der Waals surface area contributed by atoms with Gasteiger partial charge in [-0.05, 0) is 12.8 Å². The summed E-state index contributed by atoms with van der Waals surface area (Å²) in [6.45, 7) is 0.821. The topological polar surface area (TPSA) is 46.3 Å². The van der Waals surface area contributed by atoms with Crippen LogP contribution in [0.4, 0.5) is 0 Å². The Bertz CT molecular complexity index is 272. The van der Waals surface area contributed by atoms with Crippen molar-refractivity contribution in [1.82, 2.24) is 4.90 Å². The van der Waals surface area contributed by atoms with Crippen molar-refractivity contribution in [3.63, 3.8) is 0 Å². The van der Waals surface area contributed by atoms with Gasteiger partial charge in [-0.3, -0.25) is 4.79 Å². The van der Waals surface area contributed by atoms with Gasteiger partial charge in [-0.25, -0.2) is 0 Å². The Balaban J connectivity index is 2.77. The Labute approximate surface area is 98.4 Å². The number of amides is 1. The first kappa shape index (κ1) is 13.1. The monoisotopic (exact) mass is 222 g/mol. The van der Waals surface area contributed by atoms with Crippen molar-refractivity contribution in [2.24, 2.45) is 11.1 Å². The lowest BCUT2D eigenvalue weighted by molar-refractivity contribution is -0.140. The van der Waals surface area contributed by atoms with E-state index in [0.717, 1.165) is 25.7 Å². The highest BCUT2D eigenvalue weighted by Gasteiger charge is 2.38. The van der Waals surface area contributed by atoms with Crippen molar-refractivity contribution in [1.29, 1.82) is 0 Å². The molecule has 3 nitrogen and oxygen atoms in total. The fourth-order valence-corrected chi connectivity index (χ4v) is 2.52. The van der Waals surface area contributed by atoms with Crippen molar-refractivity contribution in [3.8, 4) is 12.3 Å². The van der Waals surface area contributed by atoms with E-state index >= 15 is 0 Å². The Morgan fingerprint density at radius 3 is 2.38 bits per heavy atom. The van der Waals surface area contributed by atoms with Crippen LogP contribution < -0.4 is 5.73 Å². The molecule has 90 valence electrons. The molecule has 1 aliphatic carbocycles. The fraction of sp³-hybridized carbons (Fsp3) is 0.769. The van der Waals surface area contributed by atoms with Crippen LogP contribution >= 0.6 is 0 Å². The minimum absolute atomic E-state index is 0.134. The SMILES string of the molecule is C#CCN(C)C(=O)C1(CN)CCCCCC1. The summed E-state index contributed by atoms with van der Waals surface area (Å²) in [6.07, 6.45) is 11.7. The molecule has 0 aromatic carbocycles. The minimum atomic E-state index is -0.345. The third-order valence-electron chi connectivity index (χ3n) is 3.58. The van der Waals surface area contributed by atoms with E-state index in [1.165, 1.54) is 12.8 Å². The molecule has 16 heavy (non-hydrogen) atoms. The normalized spacial score (nSPS) is 19.6. The first-order chi connectivity index (χ1) is 7.66. The lowest BCUT2D eigenvalue weighted by Gasteiger charge is -2.33. The summed E-state index contributed by atoms with van der Waals surface area (Å²) >= 11 is 0. The van der Waals surface area contributed by atoms with Gasteiger partial charge in [0.15, 0.2) is 0 Å². The van der Waals surface area contributed by atoms with Gasteiger partial charge in [0, 0.05) is 13.6 Å². The molecule has 0 aromatic rings. The Hall–Kier alpha value is -1.01. The van der Waals surface area contributed by atoms with Crippen LogP contribution in [0.5, 0.6) is 0 Å². The molecule has 1 aliphatic rings. The highest BCUT2D eigenvalue weighted by Crippen LogP contribution is 2.35. The first-order valence-corrected chi connectivity index (χ1v) is 6.05. The molecule has 0 unspecified atom stereocenters. The minimum Gasteiger partial charge on any atom is -0.334 e. The van der Waals surface area contributed by atoms with Crippen LogP contribution in [-0.4, -0.2) is 30.9 Å². The molecule has 0 spiro atoms. The summed E-state index contributed by atoms with van der Waals surface area (Å²) in [5.74, 6) is 2.64. The van der Waals surface area contributed by atoms with Crippen molar-refractivity contribution < 1.29 is 4.79 Å². The maximum atomic E-state index is 12.3. The molecule has 3 heteroatoms. The molecule has 0 atom stereocenters. The summed E-state index contributed by atoms with van der Waals surface area (Å²) in [5.41, 5.74) is 5.50. The fourth-order valence-electron chi connectivity index (χ4n) is 2.52. The van der Waals surface area contributed by atoms with Gasteiger partial charge in [0.05, 0.1) is 12.0 Å². The molecular weight excluding hydrogens is 200 g/mol. The van der Waals surface area contributed by atoms with E-state index in [1.807, 2.05) is 0 Å². The molecular formula is C13H22N2O. The Morgan fingerprint density at radius 1 is 1.38 bits per heavy atom. The van der Waals surface area contributed by atoms with E-state index in [2.05, 4.69) is 5.92 Å². The number of nitrogens with zero attached hydrogens (tertiary/aromatic N) is 1. The average molecular weight is 222 g/mol. The second-order valence-corrected chi connectivity index (χ2v) is 4.76. The maximum Gasteiger partial charge on any atom is 0.230 e. The molecule has 0 heterocycles. The molecule has 1 saturated carbocycles. The summed E-state index contributed by atoms with van der Waals surface area (Å²) in [6, 6.07) is 0. The average Bonchev–Trinajstić information content (AvgIpc) is 2.54. The lowest BCUT2D eigenvalue weighted by atomic mass is 9.79. The van der Waals surface area contributed by atoms with Gasteiger partial charge in [0.2, 0.25) is 5.91 Å². The number of carbonyl (C=O) groups excluding carboxylic acids is 1. The van der Waals surface area contributed by atoms with E-state index in [0.29, 0.717) is 13.1 Å². The summed E-state index contributed by atoms with van der Waals surface area (Å²) in [5, 5.41) is 0. The molecule has 0 aromatic heterocycles. The third-order valence-corrected chi connectivity index (χ3v) is 3.58. The van der Waals surface area contributed by atoms with E-state index in [1.54, 1.807) is 11.9 Å². The number of rotatable bonds is 3. The van der Waals surface area contributed by atoms with Crippen LogP contribution in [-0.2, 0) is 4.79 Å². The van der Waals surface area contributed by atoms with Crippen LogP contribution in [0.3, 0.4) is 0 Å². The van der Waals surface area contributed by atoms with Crippen LogP contribution in [0.2, 0.25) is 0 Å². The molecule has 0 radical (unpaired) electrons. The van der Waals surface area contributed by atoms with Crippen molar-refractivity contribution in [3.05, 3.63) is 0 Å². The lowest BCUT2D eigenvalue weighted by Crippen LogP contribution is -2.46. The van der Waals surface area contributed by atoms with Crippen molar-refractivity contribution in [2.45, 2.75) is 38.5 Å². The largest absolute Gasteiger partial charge is 0.334 e. The number of terminal acetylenes is 1. The number of nitrogens with two attached hydrogens (primary N) is 1. The number of hydrogen-bond acceptors (Lipinski definition) is 2. The van der Waals surface area contributed by atoms with Crippen LogP contribution in [0.25, 0.3) is 0 Å². The van der Waals surface area contributed by atoms with Crippen molar-refractivity contribution >= 4 is 5.91 Å². The summed E-state index contributed by atoms with van der Waals surface area (Å²) in [7, 11) is 1.77. The third kappa shape index (κ3) is 2.76. The van der Waals surface area contributed by atoms with E-state index in [-0.39, 0.29) is 11.3 Å². The summed E-state index contributed by atoms with van der Waals surface area (Å²) < 4.78 is 0. The molecule has 1 rings (SSSR count). The van der Waals surface area contributed by atoms with Crippen LogP contribution in [0.1, 0.15) is 38.5 Å². The number of hydrogen-bond donors (Lipinski definition) is 1. The Morgan fingerprint density at radius 2 is 1.94 bits per heavy atom. The zero-order chi connectivity index (χ0) is 12.0. The molecule has 1 amide bonds. The van der Waals surface area contributed by atoms with Gasteiger partial charge in [0.1, 0.15) is 0 Å². The standard InChI is InChI=1S/C13H22N2O/c1-3-10-15(2)12(16)13(11-14)8-6-4-5-7-9-13/h1H,4-11,14H2,2H3. The van der Waals surface area contributed by atoms with Gasteiger partial charge in [-0.15, -0.1) is 6.42 Å². The van der Waals surface area contributed by atoms with Gasteiger partial charge in [0.25, 0.3) is 0 Å². The summed E-state index contributed by atoms with van der Waals surface area (Å²) in [4.78, 5) is 14.0. The van der Waals surface area contributed by atoms with E-state index in [9.17, 15) is 4.79 Å². The van der Waals surface area contributed by atoms with Gasteiger partial charge < -0.3 is 10.6 Å². The first-order valence-electron chi connectivity index (χ1n) is 6.05. The van der Waals surface area contributed by atoms with E-state index in [4.69, 9.17) is 12.2 Å². The molecule has 2 N–H and O–H groups in total. The Kier molecular flexibility index (Phi) is 4.82. The van der Waals surface area contributed by atoms with Crippen LogP contribution in [0.15, 0.2) is 0 Å². The van der Waals surface area contributed by atoms with Crippen molar-refractivity contribution in [2.75, 3.05) is 20.1 Å². The smallest absolute Gasteiger partial charge is 0.230 e. The van der Waals surface area contributed by atoms with E-state index < -0.39 is 0 Å². The zero-order valence-electron chi connectivity index (χ0n) is 10.2. The predicted molar refractivity (Wildman–Crippen MR) is 65.7 cm³/mol. The highest BCUT2D eigenvalue weighted by molar-refractivity contribution is 5.83. The van der Waals surface area contributed by atoms with Gasteiger partial charge >= 0.3 is 0 Å². The zero-order valence-corrected chi connectivity index (χ0v) is 10.2. The molecule has 0 bridgehead atoms. The quantitative estimate of drug-likeness (QED) is 0.579. The molecule has 0 aliphatic heterocycles. The van der Waals surface area contributed by atoms with Gasteiger partial charge in [-0.2, -0.15) is 0 Å². The van der Waals surface area contributed by atoms with Gasteiger partial charge in [-0.1, -0.05) is 31.6 Å². The number of carbonyl (C=O) groups is 1. The molecule has 1 fully saturated rings. The maximum absolute atomic E-state index is 12.3. The second-order valence-electron chi connectivity index (χ2n) is 4.76.